The maximum absolute atomic E-state index is 13.4. The number of benzene rings is 1. The van der Waals surface area contributed by atoms with Gasteiger partial charge in [-0.05, 0) is 47.2 Å². The summed E-state index contributed by atoms with van der Waals surface area (Å²) in [7, 11) is 0. The fraction of sp³-hybridized carbons (Fsp3) is 0.273. The van der Waals surface area contributed by atoms with Crippen molar-refractivity contribution in [3.8, 4) is 6.07 Å². The monoisotopic (exact) mass is 333 g/mol. The number of nitriles is 1. The Morgan fingerprint density at radius 3 is 2.88 bits per heavy atom. The van der Waals surface area contributed by atoms with Crippen LogP contribution in [0.4, 0.5) is 4.39 Å². The van der Waals surface area contributed by atoms with Crippen molar-refractivity contribution in [1.82, 2.24) is 0 Å². The van der Waals surface area contributed by atoms with Gasteiger partial charge in [0.15, 0.2) is 0 Å². The second-order valence-corrected chi connectivity index (χ2v) is 4.26. The van der Waals surface area contributed by atoms with Gasteiger partial charge in [-0.2, -0.15) is 5.26 Å². The number of carbonyl (C=O) groups is 1. The number of hydrogen-bond donors (Lipinski definition) is 0. The number of halogens is 2. The quantitative estimate of drug-likeness (QED) is 0.631. The molecule has 0 aliphatic rings. The minimum absolute atomic E-state index is 0.0789. The summed E-state index contributed by atoms with van der Waals surface area (Å²) in [5.74, 6) is -1.06. The van der Waals surface area contributed by atoms with Crippen LogP contribution in [0.15, 0.2) is 12.1 Å². The zero-order valence-electron chi connectivity index (χ0n) is 8.59. The van der Waals surface area contributed by atoms with Crippen LogP contribution in [0.3, 0.4) is 0 Å². The molecule has 0 heterocycles. The Morgan fingerprint density at radius 2 is 2.31 bits per heavy atom. The van der Waals surface area contributed by atoms with Gasteiger partial charge in [0.25, 0.3) is 0 Å². The molecule has 0 atom stereocenters. The van der Waals surface area contributed by atoms with Crippen LogP contribution in [0.5, 0.6) is 0 Å². The lowest BCUT2D eigenvalue weighted by atomic mass is 10.1. The molecule has 1 aromatic carbocycles. The maximum Gasteiger partial charge on any atom is 0.310 e. The van der Waals surface area contributed by atoms with Crippen molar-refractivity contribution in [2.45, 2.75) is 13.3 Å². The average molecular weight is 333 g/mol. The molecule has 0 unspecified atom stereocenters. The van der Waals surface area contributed by atoms with E-state index in [0.29, 0.717) is 9.13 Å². The largest absolute Gasteiger partial charge is 0.466 e. The first-order valence-electron chi connectivity index (χ1n) is 4.62. The topological polar surface area (TPSA) is 50.1 Å². The Bertz CT molecular complexity index is 454. The second-order valence-electron chi connectivity index (χ2n) is 3.02. The third kappa shape index (κ3) is 3.17. The molecule has 0 bridgehead atoms. The fourth-order valence-corrected chi connectivity index (χ4v) is 1.91. The molecule has 0 aliphatic carbocycles. The molecule has 1 rings (SSSR count). The summed E-state index contributed by atoms with van der Waals surface area (Å²) in [6.45, 7) is 1.96. The molecule has 1 aromatic rings. The van der Waals surface area contributed by atoms with Crippen molar-refractivity contribution in [1.29, 1.82) is 5.26 Å². The summed E-state index contributed by atoms with van der Waals surface area (Å²) < 4.78 is 18.8. The van der Waals surface area contributed by atoms with Crippen LogP contribution < -0.4 is 0 Å². The number of esters is 1. The predicted molar refractivity (Wildman–Crippen MR) is 64.2 cm³/mol. The molecule has 0 saturated heterocycles. The van der Waals surface area contributed by atoms with Gasteiger partial charge in [-0.1, -0.05) is 0 Å². The molecule has 0 saturated carbocycles. The zero-order valence-corrected chi connectivity index (χ0v) is 10.7. The summed E-state index contributed by atoms with van der Waals surface area (Å²) in [5.41, 5.74) is 0.277. The molecule has 84 valence electrons. The van der Waals surface area contributed by atoms with Crippen molar-refractivity contribution >= 4 is 28.6 Å². The van der Waals surface area contributed by atoms with Crippen molar-refractivity contribution in [3.63, 3.8) is 0 Å². The first-order chi connectivity index (χ1) is 7.58. The van der Waals surface area contributed by atoms with E-state index in [1.807, 2.05) is 22.6 Å². The van der Waals surface area contributed by atoms with Gasteiger partial charge in [0.2, 0.25) is 0 Å². The normalized spacial score (nSPS) is 9.62. The van der Waals surface area contributed by atoms with E-state index in [4.69, 9.17) is 10.00 Å². The molecule has 0 radical (unpaired) electrons. The summed E-state index contributed by atoms with van der Waals surface area (Å²) in [4.78, 5) is 11.2. The average Bonchev–Trinajstić information content (AvgIpc) is 2.17. The molecule has 0 aromatic heterocycles. The first-order valence-corrected chi connectivity index (χ1v) is 5.70. The molecule has 5 heteroatoms. The number of hydrogen-bond acceptors (Lipinski definition) is 3. The van der Waals surface area contributed by atoms with Crippen LogP contribution in [0, 0.1) is 20.7 Å². The van der Waals surface area contributed by atoms with Crippen molar-refractivity contribution in [2.24, 2.45) is 0 Å². The molecular formula is C11H9FINO2. The van der Waals surface area contributed by atoms with Gasteiger partial charge in [-0.3, -0.25) is 4.79 Å². The third-order valence-electron chi connectivity index (χ3n) is 1.89. The highest BCUT2D eigenvalue weighted by Gasteiger charge is 2.13. The van der Waals surface area contributed by atoms with Gasteiger partial charge in [-0.15, -0.1) is 0 Å². The molecule has 0 fully saturated rings. The molecule has 3 nitrogen and oxygen atoms in total. The fourth-order valence-electron chi connectivity index (χ4n) is 1.26. The molecule has 16 heavy (non-hydrogen) atoms. The summed E-state index contributed by atoms with van der Waals surface area (Å²) in [6.07, 6.45) is -0.0789. The lowest BCUT2D eigenvalue weighted by Crippen LogP contribution is -2.09. The minimum Gasteiger partial charge on any atom is -0.466 e. The maximum atomic E-state index is 13.4. The molecule has 0 aliphatic heterocycles. The highest BCUT2D eigenvalue weighted by atomic mass is 127. The molecule has 0 N–H and O–H groups in total. The number of rotatable bonds is 3. The van der Waals surface area contributed by atoms with Gasteiger partial charge >= 0.3 is 5.97 Å². The first kappa shape index (κ1) is 12.9. The van der Waals surface area contributed by atoms with E-state index >= 15 is 0 Å². The van der Waals surface area contributed by atoms with Crippen LogP contribution in [-0.2, 0) is 16.0 Å². The highest BCUT2D eigenvalue weighted by Crippen LogP contribution is 2.18. The van der Waals surface area contributed by atoms with Crippen LogP contribution in [0.2, 0.25) is 0 Å². The molecule has 0 spiro atoms. The van der Waals surface area contributed by atoms with Crippen molar-refractivity contribution < 1.29 is 13.9 Å². The zero-order chi connectivity index (χ0) is 12.1. The van der Waals surface area contributed by atoms with E-state index in [2.05, 4.69) is 0 Å². The molecule has 0 amide bonds. The predicted octanol–water partition coefficient (Wildman–Crippen LogP) is 2.41. The van der Waals surface area contributed by atoms with Crippen molar-refractivity contribution in [2.75, 3.05) is 6.61 Å². The lowest BCUT2D eigenvalue weighted by Gasteiger charge is -2.05. The van der Waals surface area contributed by atoms with Gasteiger partial charge in [0.1, 0.15) is 11.9 Å². The summed E-state index contributed by atoms with van der Waals surface area (Å²) in [5, 5.41) is 8.79. The third-order valence-corrected chi connectivity index (χ3v) is 2.51. The van der Waals surface area contributed by atoms with Crippen LogP contribution >= 0.6 is 22.6 Å². The van der Waals surface area contributed by atoms with E-state index < -0.39 is 11.8 Å². The van der Waals surface area contributed by atoms with Gasteiger partial charge in [-0.25, -0.2) is 4.39 Å². The summed E-state index contributed by atoms with van der Waals surface area (Å²) >= 11 is 1.93. The van der Waals surface area contributed by atoms with E-state index in [-0.39, 0.29) is 18.6 Å². The number of nitrogens with zero attached hydrogens (tertiary/aromatic N) is 1. The van der Waals surface area contributed by atoms with Gasteiger partial charge in [0.05, 0.1) is 18.6 Å². The smallest absolute Gasteiger partial charge is 0.310 e. The lowest BCUT2D eigenvalue weighted by molar-refractivity contribution is -0.142. The van der Waals surface area contributed by atoms with Crippen LogP contribution in [0.25, 0.3) is 0 Å². The second kappa shape index (κ2) is 5.80. The Morgan fingerprint density at radius 1 is 1.62 bits per heavy atom. The Labute approximate surface area is 106 Å². The number of ether oxygens (including phenoxy) is 1. The van der Waals surface area contributed by atoms with Crippen molar-refractivity contribution in [3.05, 3.63) is 32.6 Å². The standard InChI is InChI=1S/C11H9FINO2/c1-2-16-11(15)4-7-3-8(13)5-10(12)9(7)6-14/h3,5H,2,4H2,1H3. The van der Waals surface area contributed by atoms with Crippen LogP contribution in [-0.4, -0.2) is 12.6 Å². The SMILES string of the molecule is CCOC(=O)Cc1cc(I)cc(F)c1C#N. The Balaban J connectivity index is 3.04. The van der Waals surface area contributed by atoms with E-state index in [0.717, 1.165) is 0 Å². The van der Waals surface area contributed by atoms with E-state index in [1.54, 1.807) is 19.1 Å². The van der Waals surface area contributed by atoms with Gasteiger partial charge in [0, 0.05) is 3.57 Å². The number of carbonyl (C=O) groups excluding carboxylic acids is 1. The van der Waals surface area contributed by atoms with E-state index in [9.17, 15) is 9.18 Å². The highest BCUT2D eigenvalue weighted by molar-refractivity contribution is 14.1. The van der Waals surface area contributed by atoms with Gasteiger partial charge < -0.3 is 4.74 Å². The Kier molecular flexibility index (Phi) is 4.68. The minimum atomic E-state index is -0.603. The van der Waals surface area contributed by atoms with Crippen LogP contribution in [0.1, 0.15) is 18.1 Å². The summed E-state index contributed by atoms with van der Waals surface area (Å²) in [6, 6.07) is 4.62. The Hall–Kier alpha value is -1.16. The van der Waals surface area contributed by atoms with E-state index in [1.165, 1.54) is 6.07 Å². The molecular weight excluding hydrogens is 324 g/mol.